The third-order valence-electron chi connectivity index (χ3n) is 3.36. The number of nitrogens with zero attached hydrogens (tertiary/aromatic N) is 2. The van der Waals surface area contributed by atoms with E-state index in [0.717, 1.165) is 44.4 Å². The van der Waals surface area contributed by atoms with Gasteiger partial charge in [0, 0.05) is 43.5 Å². The van der Waals surface area contributed by atoms with Gasteiger partial charge >= 0.3 is 0 Å². The fourth-order valence-electron chi connectivity index (χ4n) is 2.16. The van der Waals surface area contributed by atoms with E-state index in [9.17, 15) is 4.79 Å². The van der Waals surface area contributed by atoms with Crippen LogP contribution in [0.2, 0.25) is 0 Å². The molecule has 0 spiro atoms. The van der Waals surface area contributed by atoms with Gasteiger partial charge in [0.1, 0.15) is 0 Å². The standard InChI is InChI=1S/C13H25BrN2O/c1-13(2,3)16-10-8-15(9-11-16)12(17)6-4-5-7-14/h4-11H2,1-3H3. The highest BCUT2D eigenvalue weighted by Gasteiger charge is 2.27. The quantitative estimate of drug-likeness (QED) is 0.588. The van der Waals surface area contributed by atoms with Crippen molar-refractivity contribution in [2.75, 3.05) is 31.5 Å². The lowest BCUT2D eigenvalue weighted by Crippen LogP contribution is -2.54. The van der Waals surface area contributed by atoms with Crippen LogP contribution in [0.15, 0.2) is 0 Å². The van der Waals surface area contributed by atoms with Crippen molar-refractivity contribution in [2.24, 2.45) is 0 Å². The van der Waals surface area contributed by atoms with E-state index in [2.05, 4.69) is 41.6 Å². The zero-order chi connectivity index (χ0) is 12.9. The average Bonchev–Trinajstić information content (AvgIpc) is 2.28. The molecule has 1 saturated heterocycles. The minimum absolute atomic E-state index is 0.227. The molecule has 4 heteroatoms. The number of alkyl halides is 1. The summed E-state index contributed by atoms with van der Waals surface area (Å²) in [6, 6.07) is 0. The summed E-state index contributed by atoms with van der Waals surface area (Å²) >= 11 is 3.39. The summed E-state index contributed by atoms with van der Waals surface area (Å²) in [7, 11) is 0. The molecule has 0 bridgehead atoms. The van der Waals surface area contributed by atoms with Gasteiger partial charge in [-0.2, -0.15) is 0 Å². The predicted molar refractivity (Wildman–Crippen MR) is 75.6 cm³/mol. The van der Waals surface area contributed by atoms with Crippen LogP contribution in [0.25, 0.3) is 0 Å². The lowest BCUT2D eigenvalue weighted by molar-refractivity contribution is -0.133. The molecule has 17 heavy (non-hydrogen) atoms. The Balaban J connectivity index is 2.29. The first-order valence-corrected chi connectivity index (χ1v) is 7.66. The minimum atomic E-state index is 0.227. The summed E-state index contributed by atoms with van der Waals surface area (Å²) in [5.41, 5.74) is 0.227. The Morgan fingerprint density at radius 3 is 2.18 bits per heavy atom. The molecule has 0 saturated carbocycles. The van der Waals surface area contributed by atoms with E-state index >= 15 is 0 Å². The molecular weight excluding hydrogens is 280 g/mol. The lowest BCUT2D eigenvalue weighted by Gasteiger charge is -2.42. The molecule has 1 rings (SSSR count). The zero-order valence-electron chi connectivity index (χ0n) is 11.3. The van der Waals surface area contributed by atoms with E-state index in [-0.39, 0.29) is 5.54 Å². The van der Waals surface area contributed by atoms with Gasteiger partial charge in [-0.1, -0.05) is 15.9 Å². The molecule has 1 amide bonds. The molecule has 0 N–H and O–H groups in total. The Bertz CT molecular complexity index is 242. The van der Waals surface area contributed by atoms with E-state index in [1.807, 2.05) is 4.90 Å². The van der Waals surface area contributed by atoms with Gasteiger partial charge < -0.3 is 4.90 Å². The topological polar surface area (TPSA) is 23.6 Å². The molecule has 0 atom stereocenters. The number of carbonyl (C=O) groups excluding carboxylic acids is 1. The minimum Gasteiger partial charge on any atom is -0.340 e. The van der Waals surface area contributed by atoms with Crippen molar-refractivity contribution < 1.29 is 4.79 Å². The van der Waals surface area contributed by atoms with Gasteiger partial charge in [-0.15, -0.1) is 0 Å². The Kier molecular flexibility index (Phi) is 5.93. The van der Waals surface area contributed by atoms with Crippen molar-refractivity contribution in [2.45, 2.75) is 45.6 Å². The lowest BCUT2D eigenvalue weighted by atomic mass is 10.0. The van der Waals surface area contributed by atoms with E-state index in [1.165, 1.54) is 0 Å². The number of piperazine rings is 1. The number of amides is 1. The van der Waals surface area contributed by atoms with Crippen molar-refractivity contribution in [3.05, 3.63) is 0 Å². The van der Waals surface area contributed by atoms with E-state index < -0.39 is 0 Å². The Hall–Kier alpha value is -0.0900. The van der Waals surface area contributed by atoms with Gasteiger partial charge in [-0.3, -0.25) is 9.69 Å². The maximum Gasteiger partial charge on any atom is 0.222 e. The van der Waals surface area contributed by atoms with E-state index in [4.69, 9.17) is 0 Å². The Morgan fingerprint density at radius 2 is 1.71 bits per heavy atom. The highest BCUT2D eigenvalue weighted by atomic mass is 79.9. The predicted octanol–water partition coefficient (Wildman–Crippen LogP) is 2.49. The summed E-state index contributed by atoms with van der Waals surface area (Å²) in [5, 5.41) is 0.998. The second kappa shape index (κ2) is 6.74. The monoisotopic (exact) mass is 304 g/mol. The molecule has 0 aromatic heterocycles. The smallest absolute Gasteiger partial charge is 0.222 e. The van der Waals surface area contributed by atoms with Gasteiger partial charge in [0.2, 0.25) is 5.91 Å². The highest BCUT2D eigenvalue weighted by Crippen LogP contribution is 2.16. The summed E-state index contributed by atoms with van der Waals surface area (Å²) < 4.78 is 0. The molecule has 1 aliphatic heterocycles. The van der Waals surface area contributed by atoms with Crippen LogP contribution in [-0.4, -0.2) is 52.8 Å². The van der Waals surface area contributed by atoms with Crippen molar-refractivity contribution in [1.29, 1.82) is 0 Å². The summed E-state index contributed by atoms with van der Waals surface area (Å²) in [6.45, 7) is 10.5. The number of rotatable bonds is 4. The number of carbonyl (C=O) groups is 1. The van der Waals surface area contributed by atoms with Gasteiger partial charge in [0.05, 0.1) is 0 Å². The van der Waals surface area contributed by atoms with Crippen molar-refractivity contribution >= 4 is 21.8 Å². The molecular formula is C13H25BrN2O. The van der Waals surface area contributed by atoms with Crippen LogP contribution in [0.4, 0.5) is 0 Å². The molecule has 100 valence electrons. The number of hydrogen-bond acceptors (Lipinski definition) is 2. The first-order valence-electron chi connectivity index (χ1n) is 6.54. The first-order chi connectivity index (χ1) is 7.95. The van der Waals surface area contributed by atoms with Crippen LogP contribution in [0, 0.1) is 0 Å². The van der Waals surface area contributed by atoms with E-state index in [0.29, 0.717) is 12.3 Å². The van der Waals surface area contributed by atoms with Crippen LogP contribution in [0.3, 0.4) is 0 Å². The summed E-state index contributed by atoms with van der Waals surface area (Å²) in [4.78, 5) is 16.4. The Labute approximate surface area is 114 Å². The average molecular weight is 305 g/mol. The van der Waals surface area contributed by atoms with Gasteiger partial charge in [0.25, 0.3) is 0 Å². The molecule has 1 fully saturated rings. The maximum atomic E-state index is 11.9. The molecule has 0 radical (unpaired) electrons. The highest BCUT2D eigenvalue weighted by molar-refractivity contribution is 9.09. The third kappa shape index (κ3) is 4.96. The molecule has 1 heterocycles. The van der Waals surface area contributed by atoms with Crippen molar-refractivity contribution in [3.63, 3.8) is 0 Å². The van der Waals surface area contributed by atoms with Gasteiger partial charge in [0.15, 0.2) is 0 Å². The first kappa shape index (κ1) is 15.0. The molecule has 1 aliphatic rings. The third-order valence-corrected chi connectivity index (χ3v) is 3.92. The zero-order valence-corrected chi connectivity index (χ0v) is 12.9. The molecule has 0 aliphatic carbocycles. The summed E-state index contributed by atoms with van der Waals surface area (Å²) in [5.74, 6) is 0.333. The fraction of sp³-hybridized carbons (Fsp3) is 0.923. The number of halogens is 1. The maximum absolute atomic E-state index is 11.9. The second-order valence-corrected chi connectivity index (χ2v) is 6.48. The molecule has 3 nitrogen and oxygen atoms in total. The molecule has 0 aromatic rings. The normalized spacial score (nSPS) is 18.5. The van der Waals surface area contributed by atoms with Crippen molar-refractivity contribution in [3.8, 4) is 0 Å². The summed E-state index contributed by atoms with van der Waals surface area (Å²) in [6.07, 6.45) is 2.80. The SMILES string of the molecule is CC(C)(C)N1CCN(C(=O)CCCCBr)CC1. The molecule has 0 aromatic carbocycles. The van der Waals surface area contributed by atoms with Crippen LogP contribution in [0.5, 0.6) is 0 Å². The van der Waals surface area contributed by atoms with Crippen LogP contribution >= 0.6 is 15.9 Å². The fourth-order valence-corrected chi connectivity index (χ4v) is 2.55. The van der Waals surface area contributed by atoms with Crippen molar-refractivity contribution in [1.82, 2.24) is 9.80 Å². The van der Waals surface area contributed by atoms with E-state index in [1.54, 1.807) is 0 Å². The van der Waals surface area contributed by atoms with Crippen LogP contribution in [0.1, 0.15) is 40.0 Å². The number of unbranched alkanes of at least 4 members (excludes halogenated alkanes) is 1. The Morgan fingerprint density at radius 1 is 1.12 bits per heavy atom. The van der Waals surface area contributed by atoms with Gasteiger partial charge in [-0.05, 0) is 33.6 Å². The molecule has 0 unspecified atom stereocenters. The van der Waals surface area contributed by atoms with Crippen LogP contribution < -0.4 is 0 Å². The largest absolute Gasteiger partial charge is 0.340 e. The second-order valence-electron chi connectivity index (χ2n) is 5.68. The van der Waals surface area contributed by atoms with Crippen LogP contribution in [-0.2, 0) is 4.79 Å². The van der Waals surface area contributed by atoms with Gasteiger partial charge in [-0.25, -0.2) is 0 Å². The number of hydrogen-bond donors (Lipinski definition) is 0.